The minimum Gasteiger partial charge on any atom is -0.496 e. The molecule has 2 aromatic heterocycles. The molecule has 1 saturated heterocycles. The number of hydrogen-bond acceptors (Lipinski definition) is 8. The molecule has 3 heterocycles. The molecule has 11 nitrogen and oxygen atoms in total. The highest BCUT2D eigenvalue weighted by Gasteiger charge is 2.39. The van der Waals surface area contributed by atoms with E-state index in [-0.39, 0.29) is 46.3 Å². The molecule has 1 aromatic carbocycles. The van der Waals surface area contributed by atoms with Gasteiger partial charge in [-0.25, -0.2) is 18.5 Å². The molecule has 13 heteroatoms. The summed E-state index contributed by atoms with van der Waals surface area (Å²) < 4.78 is 33.1. The van der Waals surface area contributed by atoms with Crippen molar-refractivity contribution in [2.24, 2.45) is 0 Å². The van der Waals surface area contributed by atoms with Crippen LogP contribution in [-0.4, -0.2) is 71.5 Å². The summed E-state index contributed by atoms with van der Waals surface area (Å²) in [4.78, 5) is 55.4. The molecule has 1 N–H and O–H groups in total. The first-order valence-electron chi connectivity index (χ1n) is 13.2. The number of aromatic nitrogens is 2. The molecule has 0 unspecified atom stereocenters. The molecule has 0 saturated carbocycles. The maximum Gasteiger partial charge on any atom is 0.346 e. The first-order chi connectivity index (χ1) is 19.4. The number of benzene rings is 1. The van der Waals surface area contributed by atoms with Crippen LogP contribution in [0.1, 0.15) is 53.6 Å². The Morgan fingerprint density at radius 3 is 2.44 bits per heavy atom. The third-order valence-corrected chi connectivity index (χ3v) is 8.68. The third kappa shape index (κ3) is 5.66. The molecule has 3 aromatic rings. The summed E-state index contributed by atoms with van der Waals surface area (Å²) in [5, 5.41) is 9.86. The summed E-state index contributed by atoms with van der Waals surface area (Å²) in [6.45, 7) is 5.61. The first kappa shape index (κ1) is 30.4. The van der Waals surface area contributed by atoms with E-state index < -0.39 is 34.7 Å². The lowest BCUT2D eigenvalue weighted by molar-refractivity contribution is -0.138. The zero-order valence-electron chi connectivity index (χ0n) is 23.7. The predicted octanol–water partition coefficient (Wildman–Crippen LogP) is 3.14. The van der Waals surface area contributed by atoms with Crippen molar-refractivity contribution in [2.45, 2.75) is 51.8 Å². The van der Waals surface area contributed by atoms with Crippen molar-refractivity contribution in [1.29, 1.82) is 0 Å². The molecular formula is C28H34FN3O8S. The molecule has 1 aliphatic heterocycles. The number of rotatable bonds is 11. The highest BCUT2D eigenvalue weighted by molar-refractivity contribution is 7.20. The zero-order chi connectivity index (χ0) is 30.1. The minimum absolute atomic E-state index is 0.0242. The minimum atomic E-state index is -1.57. The highest BCUT2D eigenvalue weighted by Crippen LogP contribution is 2.33. The second-order valence-electron chi connectivity index (χ2n) is 10.4. The number of halogens is 1. The van der Waals surface area contributed by atoms with Crippen LogP contribution in [0.25, 0.3) is 10.2 Å². The van der Waals surface area contributed by atoms with Gasteiger partial charge in [0.1, 0.15) is 32.9 Å². The van der Waals surface area contributed by atoms with Crippen LogP contribution in [0.4, 0.5) is 4.39 Å². The molecule has 1 atom stereocenters. The number of nitrogens with zero attached hydrogens (tertiary/aromatic N) is 3. The van der Waals surface area contributed by atoms with E-state index in [4.69, 9.17) is 14.2 Å². The highest BCUT2D eigenvalue weighted by atomic mass is 32.1. The number of aryl methyl sites for hydroxylation is 1. The Bertz CT molecular complexity index is 1590. The summed E-state index contributed by atoms with van der Waals surface area (Å²) in [5.41, 5.74) is -2.64. The standard InChI is InChI=1S/C28H34FN3O8S/c1-16-21-23(33)32(28(2,3)26(36)30-10-6-7-11-30)27(37)31(24(21)41-22(16)25(34)35)15-20(40-13-12-38-4)18-14-17(29)8-9-19(18)39-5/h8-9,14,20H,6-7,10-13,15H2,1-5H3,(H,34,35)/t20-/m0/s1. The van der Waals surface area contributed by atoms with E-state index in [1.165, 1.54) is 57.8 Å². The van der Waals surface area contributed by atoms with E-state index in [2.05, 4.69) is 0 Å². The molecule has 0 spiro atoms. The summed E-state index contributed by atoms with van der Waals surface area (Å²) in [6.07, 6.45) is 0.680. The molecule has 41 heavy (non-hydrogen) atoms. The number of carboxylic acids is 1. The van der Waals surface area contributed by atoms with Crippen LogP contribution in [0.15, 0.2) is 27.8 Å². The number of aromatic carboxylic acids is 1. The van der Waals surface area contributed by atoms with Crippen molar-refractivity contribution >= 4 is 33.4 Å². The number of hydrogen-bond donors (Lipinski definition) is 1. The van der Waals surface area contributed by atoms with E-state index in [0.717, 1.165) is 28.7 Å². The number of ether oxygens (including phenoxy) is 3. The average Bonchev–Trinajstić information content (AvgIpc) is 3.58. The van der Waals surface area contributed by atoms with Crippen LogP contribution in [0.2, 0.25) is 0 Å². The molecule has 1 fully saturated rings. The van der Waals surface area contributed by atoms with Crippen LogP contribution in [-0.2, 0) is 26.4 Å². The van der Waals surface area contributed by atoms with Gasteiger partial charge in [0, 0.05) is 25.8 Å². The molecule has 222 valence electrons. The van der Waals surface area contributed by atoms with Crippen LogP contribution >= 0.6 is 11.3 Å². The van der Waals surface area contributed by atoms with Crippen molar-refractivity contribution in [3.8, 4) is 5.75 Å². The molecule has 0 radical (unpaired) electrons. The van der Waals surface area contributed by atoms with E-state index in [0.29, 0.717) is 24.4 Å². The fourth-order valence-corrected chi connectivity index (χ4v) is 6.39. The number of thiophene rings is 1. The fourth-order valence-electron chi connectivity index (χ4n) is 5.24. The zero-order valence-corrected chi connectivity index (χ0v) is 24.5. The topological polar surface area (TPSA) is 129 Å². The van der Waals surface area contributed by atoms with Crippen molar-refractivity contribution in [2.75, 3.05) is 40.5 Å². The molecule has 1 aliphatic rings. The Morgan fingerprint density at radius 2 is 1.83 bits per heavy atom. The monoisotopic (exact) mass is 591 g/mol. The maximum atomic E-state index is 14.4. The van der Waals surface area contributed by atoms with Gasteiger partial charge in [-0.05, 0) is 57.4 Å². The van der Waals surface area contributed by atoms with Crippen LogP contribution in [0.3, 0.4) is 0 Å². The van der Waals surface area contributed by atoms with Gasteiger partial charge in [0.15, 0.2) is 0 Å². The van der Waals surface area contributed by atoms with Gasteiger partial charge < -0.3 is 24.2 Å². The second kappa shape index (κ2) is 12.1. The fraction of sp³-hybridized carbons (Fsp3) is 0.500. The van der Waals surface area contributed by atoms with Gasteiger partial charge in [-0.1, -0.05) is 0 Å². The molecular weight excluding hydrogens is 557 g/mol. The van der Waals surface area contributed by atoms with Crippen LogP contribution in [0.5, 0.6) is 5.75 Å². The molecule has 1 amide bonds. The van der Waals surface area contributed by atoms with Crippen LogP contribution in [0, 0.1) is 12.7 Å². The van der Waals surface area contributed by atoms with Gasteiger partial charge in [-0.15, -0.1) is 11.3 Å². The number of fused-ring (bicyclic) bond motifs is 1. The van der Waals surface area contributed by atoms with E-state index >= 15 is 0 Å². The number of carboxylic acid groups (broad SMARTS) is 1. The normalized spacial score (nSPS) is 14.5. The smallest absolute Gasteiger partial charge is 0.346 e. The van der Waals surface area contributed by atoms with Crippen molar-refractivity contribution in [3.63, 3.8) is 0 Å². The van der Waals surface area contributed by atoms with Crippen molar-refractivity contribution < 1.29 is 33.3 Å². The van der Waals surface area contributed by atoms with Gasteiger partial charge in [-0.2, -0.15) is 0 Å². The lowest BCUT2D eigenvalue weighted by Gasteiger charge is -2.31. The van der Waals surface area contributed by atoms with E-state index in [9.17, 15) is 28.7 Å². The number of methoxy groups -OCH3 is 2. The summed E-state index contributed by atoms with van der Waals surface area (Å²) in [5.74, 6) is -1.88. The average molecular weight is 592 g/mol. The summed E-state index contributed by atoms with van der Waals surface area (Å²) in [7, 11) is 2.91. The Morgan fingerprint density at radius 1 is 1.15 bits per heavy atom. The SMILES string of the molecule is COCCO[C@@H](Cn1c(=O)n(C(C)(C)C(=O)N2CCCC2)c(=O)c2c(C)c(C(=O)O)sc21)c1cc(F)ccc1OC. The van der Waals surface area contributed by atoms with Gasteiger partial charge in [0.25, 0.3) is 5.56 Å². The van der Waals surface area contributed by atoms with Crippen molar-refractivity contribution in [1.82, 2.24) is 14.0 Å². The summed E-state index contributed by atoms with van der Waals surface area (Å²) in [6, 6.07) is 3.90. The lowest BCUT2D eigenvalue weighted by atomic mass is 10.0. The van der Waals surface area contributed by atoms with Crippen molar-refractivity contribution in [3.05, 3.63) is 60.9 Å². The Hall–Kier alpha value is -3.55. The lowest BCUT2D eigenvalue weighted by Crippen LogP contribution is -2.56. The van der Waals surface area contributed by atoms with Gasteiger partial charge >= 0.3 is 11.7 Å². The number of carbonyl (C=O) groups excluding carboxylic acids is 1. The van der Waals surface area contributed by atoms with Gasteiger partial charge in [0.2, 0.25) is 5.91 Å². The van der Waals surface area contributed by atoms with Gasteiger partial charge in [-0.3, -0.25) is 14.2 Å². The quantitative estimate of drug-likeness (QED) is 0.337. The maximum absolute atomic E-state index is 14.4. The Balaban J connectivity index is 1.98. The summed E-state index contributed by atoms with van der Waals surface area (Å²) >= 11 is 0.788. The molecule has 0 bridgehead atoms. The van der Waals surface area contributed by atoms with Crippen LogP contribution < -0.4 is 16.0 Å². The molecule has 0 aliphatic carbocycles. The number of likely N-dealkylation sites (tertiary alicyclic amines) is 1. The predicted molar refractivity (Wildman–Crippen MR) is 151 cm³/mol. The Kier molecular flexibility index (Phi) is 9.00. The largest absolute Gasteiger partial charge is 0.496 e. The van der Waals surface area contributed by atoms with E-state index in [1.807, 2.05) is 0 Å². The second-order valence-corrected chi connectivity index (χ2v) is 11.4. The van der Waals surface area contributed by atoms with Gasteiger partial charge in [0.05, 0.1) is 32.3 Å². The molecule has 4 rings (SSSR count). The number of amides is 1. The number of carbonyl (C=O) groups is 2. The first-order valence-corrected chi connectivity index (χ1v) is 14.0. The third-order valence-electron chi connectivity index (χ3n) is 7.38. The Labute approximate surface area is 239 Å². The van der Waals surface area contributed by atoms with E-state index in [1.54, 1.807) is 4.90 Å².